The summed E-state index contributed by atoms with van der Waals surface area (Å²) in [5, 5.41) is 3.66. The Morgan fingerprint density at radius 3 is 0.677 bits per heavy atom. The van der Waals surface area contributed by atoms with E-state index in [4.69, 9.17) is 0 Å². The summed E-state index contributed by atoms with van der Waals surface area (Å²) in [5.74, 6) is 0. The molecule has 1 N–H and O–H groups in total. The summed E-state index contributed by atoms with van der Waals surface area (Å²) in [6, 6.07) is 0. The van der Waals surface area contributed by atoms with Gasteiger partial charge in [0.15, 0.2) is 0 Å². The quantitative estimate of drug-likeness (QED) is 0.120. The molecule has 188 valence electrons. The molecule has 0 radical (unpaired) electrons. The van der Waals surface area contributed by atoms with Gasteiger partial charge in [-0.15, -0.1) is 0 Å². The summed E-state index contributed by atoms with van der Waals surface area (Å²) in [4.78, 5) is 0. The van der Waals surface area contributed by atoms with E-state index >= 15 is 0 Å². The molecule has 0 amide bonds. The first-order valence-electron chi connectivity index (χ1n) is 15.1. The van der Waals surface area contributed by atoms with Crippen LogP contribution in [0.5, 0.6) is 0 Å². The van der Waals surface area contributed by atoms with Crippen LogP contribution in [0.3, 0.4) is 0 Å². The van der Waals surface area contributed by atoms with E-state index in [0.29, 0.717) is 0 Å². The molecule has 0 aliphatic carbocycles. The number of unbranched alkanes of at least 4 members (excludes halogenated alkanes) is 24. The van der Waals surface area contributed by atoms with Gasteiger partial charge in [-0.1, -0.05) is 168 Å². The van der Waals surface area contributed by atoms with E-state index in [1.807, 2.05) is 0 Å². The third kappa shape index (κ3) is 30.0. The second-order valence-corrected chi connectivity index (χ2v) is 10.2. The Labute approximate surface area is 199 Å². The van der Waals surface area contributed by atoms with Gasteiger partial charge in [0.05, 0.1) is 0 Å². The highest BCUT2D eigenvalue weighted by Crippen LogP contribution is 2.14. The van der Waals surface area contributed by atoms with Gasteiger partial charge in [0.1, 0.15) is 0 Å². The van der Waals surface area contributed by atoms with E-state index in [1.54, 1.807) is 0 Å². The van der Waals surface area contributed by atoms with Crippen LogP contribution in [0, 0.1) is 0 Å². The van der Waals surface area contributed by atoms with Gasteiger partial charge < -0.3 is 5.32 Å². The van der Waals surface area contributed by atoms with Gasteiger partial charge in [-0.25, -0.2) is 0 Å². The Bertz CT molecular complexity index is 260. The lowest BCUT2D eigenvalue weighted by molar-refractivity contribution is 0.518. The maximum atomic E-state index is 3.66. The fraction of sp³-hybridized carbons (Fsp3) is 1.00. The second-order valence-electron chi connectivity index (χ2n) is 10.2. The smallest absolute Gasteiger partial charge is 0.00489 e. The SMILES string of the molecule is CCCCCCCCCCCCCCCCCCNCCCCCCCCCCCC. The fourth-order valence-corrected chi connectivity index (χ4v) is 4.66. The zero-order valence-electron chi connectivity index (χ0n) is 22.3. The van der Waals surface area contributed by atoms with Crippen molar-refractivity contribution in [3.63, 3.8) is 0 Å². The lowest BCUT2D eigenvalue weighted by atomic mass is 10.0. The standard InChI is InChI=1S/C30H63N/c1-3-5-7-9-11-13-15-16-17-18-19-20-22-24-26-28-30-31-29-27-25-23-21-14-12-10-8-6-4-2/h31H,3-30H2,1-2H3. The van der Waals surface area contributed by atoms with Gasteiger partial charge in [0, 0.05) is 0 Å². The summed E-state index contributed by atoms with van der Waals surface area (Å²) < 4.78 is 0. The van der Waals surface area contributed by atoms with E-state index in [2.05, 4.69) is 19.2 Å². The van der Waals surface area contributed by atoms with Gasteiger partial charge in [-0.3, -0.25) is 0 Å². The van der Waals surface area contributed by atoms with Crippen molar-refractivity contribution in [2.24, 2.45) is 0 Å². The van der Waals surface area contributed by atoms with E-state index < -0.39 is 0 Å². The van der Waals surface area contributed by atoms with Crippen LogP contribution in [-0.4, -0.2) is 13.1 Å². The molecule has 0 heterocycles. The maximum absolute atomic E-state index is 3.66. The Morgan fingerprint density at radius 2 is 0.452 bits per heavy atom. The molecule has 0 bridgehead atoms. The van der Waals surface area contributed by atoms with Crippen molar-refractivity contribution in [3.05, 3.63) is 0 Å². The Balaban J connectivity index is 2.98. The van der Waals surface area contributed by atoms with Crippen LogP contribution in [0.4, 0.5) is 0 Å². The predicted molar refractivity (Wildman–Crippen MR) is 144 cm³/mol. The molecule has 0 aromatic rings. The Kier molecular flexibility index (Phi) is 29.9. The summed E-state index contributed by atoms with van der Waals surface area (Å²) >= 11 is 0. The first kappa shape index (κ1) is 31.0. The highest BCUT2D eigenvalue weighted by Gasteiger charge is 1.96. The summed E-state index contributed by atoms with van der Waals surface area (Å²) in [7, 11) is 0. The average Bonchev–Trinajstić information content (AvgIpc) is 2.78. The first-order valence-corrected chi connectivity index (χ1v) is 15.1. The first-order chi connectivity index (χ1) is 15.4. The third-order valence-electron chi connectivity index (χ3n) is 6.91. The van der Waals surface area contributed by atoms with E-state index in [-0.39, 0.29) is 0 Å². The van der Waals surface area contributed by atoms with Crippen LogP contribution < -0.4 is 5.32 Å². The van der Waals surface area contributed by atoms with Crippen molar-refractivity contribution in [1.82, 2.24) is 5.32 Å². The van der Waals surface area contributed by atoms with Crippen LogP contribution in [-0.2, 0) is 0 Å². The van der Waals surface area contributed by atoms with Crippen molar-refractivity contribution in [3.8, 4) is 0 Å². The van der Waals surface area contributed by atoms with Gasteiger partial charge in [-0.2, -0.15) is 0 Å². The van der Waals surface area contributed by atoms with Crippen LogP contribution in [0.2, 0.25) is 0 Å². The molecule has 0 aliphatic heterocycles. The van der Waals surface area contributed by atoms with Gasteiger partial charge >= 0.3 is 0 Å². The minimum absolute atomic E-state index is 1.25. The van der Waals surface area contributed by atoms with Gasteiger partial charge in [-0.05, 0) is 25.9 Å². The lowest BCUT2D eigenvalue weighted by Crippen LogP contribution is -2.16. The summed E-state index contributed by atoms with van der Waals surface area (Å²) in [5.41, 5.74) is 0. The molecule has 0 spiro atoms. The molecule has 31 heavy (non-hydrogen) atoms. The van der Waals surface area contributed by atoms with Crippen LogP contribution in [0.15, 0.2) is 0 Å². The van der Waals surface area contributed by atoms with E-state index in [9.17, 15) is 0 Å². The van der Waals surface area contributed by atoms with Gasteiger partial charge in [0.2, 0.25) is 0 Å². The molecular weight excluding hydrogens is 374 g/mol. The normalized spacial score (nSPS) is 11.4. The van der Waals surface area contributed by atoms with E-state index in [1.165, 1.54) is 180 Å². The number of hydrogen-bond donors (Lipinski definition) is 1. The Hall–Kier alpha value is -0.0400. The third-order valence-corrected chi connectivity index (χ3v) is 6.91. The number of hydrogen-bond acceptors (Lipinski definition) is 1. The van der Waals surface area contributed by atoms with Crippen molar-refractivity contribution < 1.29 is 0 Å². The molecule has 0 atom stereocenters. The van der Waals surface area contributed by atoms with Crippen LogP contribution >= 0.6 is 0 Å². The highest BCUT2D eigenvalue weighted by molar-refractivity contribution is 4.53. The molecule has 0 aromatic heterocycles. The van der Waals surface area contributed by atoms with Crippen molar-refractivity contribution in [1.29, 1.82) is 0 Å². The van der Waals surface area contributed by atoms with Gasteiger partial charge in [0.25, 0.3) is 0 Å². The molecule has 1 heteroatoms. The lowest BCUT2D eigenvalue weighted by Gasteiger charge is -2.06. The molecule has 0 aromatic carbocycles. The van der Waals surface area contributed by atoms with E-state index in [0.717, 1.165) is 0 Å². The monoisotopic (exact) mass is 437 g/mol. The molecular formula is C30H63N. The summed E-state index contributed by atoms with van der Waals surface area (Å²) in [6.07, 6.45) is 37.7. The molecule has 0 aliphatic rings. The van der Waals surface area contributed by atoms with Crippen molar-refractivity contribution in [2.75, 3.05) is 13.1 Å². The fourth-order valence-electron chi connectivity index (χ4n) is 4.66. The van der Waals surface area contributed by atoms with Crippen molar-refractivity contribution >= 4 is 0 Å². The predicted octanol–water partition coefficient (Wildman–Crippen LogP) is 10.8. The molecule has 0 unspecified atom stereocenters. The molecule has 0 saturated carbocycles. The zero-order valence-corrected chi connectivity index (χ0v) is 22.3. The maximum Gasteiger partial charge on any atom is -0.00489 e. The number of rotatable bonds is 28. The summed E-state index contributed by atoms with van der Waals surface area (Å²) in [6.45, 7) is 7.09. The zero-order chi connectivity index (χ0) is 22.5. The molecule has 0 saturated heterocycles. The average molecular weight is 438 g/mol. The Morgan fingerprint density at radius 1 is 0.258 bits per heavy atom. The van der Waals surface area contributed by atoms with Crippen LogP contribution in [0.1, 0.15) is 181 Å². The minimum Gasteiger partial charge on any atom is -0.317 e. The topological polar surface area (TPSA) is 12.0 Å². The van der Waals surface area contributed by atoms with Crippen molar-refractivity contribution in [2.45, 2.75) is 181 Å². The highest BCUT2D eigenvalue weighted by atomic mass is 14.8. The second kappa shape index (κ2) is 30.0. The molecule has 0 rings (SSSR count). The molecule has 0 fully saturated rings. The molecule has 1 nitrogen and oxygen atoms in total. The largest absolute Gasteiger partial charge is 0.317 e. The number of nitrogens with one attached hydrogen (secondary N) is 1. The van der Waals surface area contributed by atoms with Crippen LogP contribution in [0.25, 0.3) is 0 Å². The minimum atomic E-state index is 1.25.